The summed E-state index contributed by atoms with van der Waals surface area (Å²) in [6.45, 7) is 6.16. The van der Waals surface area contributed by atoms with Crippen molar-refractivity contribution in [2.45, 2.75) is 66.1 Å². The van der Waals surface area contributed by atoms with Gasteiger partial charge in [0.1, 0.15) is 6.54 Å². The van der Waals surface area contributed by atoms with Crippen molar-refractivity contribution in [1.29, 1.82) is 0 Å². The van der Waals surface area contributed by atoms with Crippen LogP contribution < -0.4 is 16.6 Å². The molecular weight excluding hydrogens is 410 g/mol. The number of carbonyl (C=O) groups excluding carboxylic acids is 2. The van der Waals surface area contributed by atoms with Crippen molar-refractivity contribution in [2.24, 2.45) is 0 Å². The fourth-order valence-corrected chi connectivity index (χ4v) is 3.53. The topological polar surface area (TPSA) is 108 Å². The summed E-state index contributed by atoms with van der Waals surface area (Å²) in [7, 11) is 0. The average Bonchev–Trinajstić information content (AvgIpc) is 3.19. The van der Waals surface area contributed by atoms with Gasteiger partial charge in [0.2, 0.25) is 5.91 Å². The molecule has 0 saturated carbocycles. The van der Waals surface area contributed by atoms with Gasteiger partial charge in [-0.15, -0.1) is 0 Å². The molecule has 9 heteroatoms. The van der Waals surface area contributed by atoms with Crippen molar-refractivity contribution in [2.75, 3.05) is 5.32 Å². The maximum atomic E-state index is 13.2. The SMILES string of the molecule is CCCCn1cnc2c1c(=O)n(CC(=O)Nc1ccc(C(C)=O)cc1)c(=O)n2CCCC. The second kappa shape index (κ2) is 10.2. The number of aryl methyl sites for hydroxylation is 2. The van der Waals surface area contributed by atoms with E-state index in [0.717, 1.165) is 30.3 Å². The quantitative estimate of drug-likeness (QED) is 0.489. The van der Waals surface area contributed by atoms with E-state index in [1.165, 1.54) is 11.5 Å². The first kappa shape index (κ1) is 23.2. The third-order valence-corrected chi connectivity index (χ3v) is 5.35. The van der Waals surface area contributed by atoms with Gasteiger partial charge in [0.05, 0.1) is 6.33 Å². The molecule has 2 heterocycles. The Morgan fingerprint density at radius 3 is 2.25 bits per heavy atom. The molecule has 3 aromatic rings. The standard InChI is InChI=1S/C23H29N5O4/c1-4-6-12-26-15-24-21-20(26)22(31)28(23(32)27(21)13-7-5-2)14-19(30)25-18-10-8-17(9-11-18)16(3)29/h8-11,15H,4-7,12-14H2,1-3H3,(H,25,30). The highest BCUT2D eigenvalue weighted by Crippen LogP contribution is 2.11. The van der Waals surface area contributed by atoms with Crippen molar-refractivity contribution in [3.05, 3.63) is 57.0 Å². The van der Waals surface area contributed by atoms with Gasteiger partial charge in [-0.3, -0.25) is 19.0 Å². The molecule has 1 aromatic carbocycles. The van der Waals surface area contributed by atoms with Crippen LogP contribution in [0.15, 0.2) is 40.2 Å². The number of hydrogen-bond donors (Lipinski definition) is 1. The molecule has 1 amide bonds. The van der Waals surface area contributed by atoms with Crippen LogP contribution in [-0.2, 0) is 24.4 Å². The monoisotopic (exact) mass is 439 g/mol. The normalized spacial score (nSPS) is 11.1. The zero-order valence-corrected chi connectivity index (χ0v) is 18.8. The molecule has 32 heavy (non-hydrogen) atoms. The van der Waals surface area contributed by atoms with E-state index < -0.39 is 23.7 Å². The Morgan fingerprint density at radius 2 is 1.62 bits per heavy atom. The lowest BCUT2D eigenvalue weighted by molar-refractivity contribution is -0.116. The molecule has 0 fully saturated rings. The van der Waals surface area contributed by atoms with E-state index in [1.54, 1.807) is 35.2 Å². The van der Waals surface area contributed by atoms with Gasteiger partial charge >= 0.3 is 5.69 Å². The second-order valence-electron chi connectivity index (χ2n) is 7.82. The fourth-order valence-electron chi connectivity index (χ4n) is 3.53. The van der Waals surface area contributed by atoms with Crippen molar-refractivity contribution in [1.82, 2.24) is 18.7 Å². The van der Waals surface area contributed by atoms with Crippen molar-refractivity contribution in [3.63, 3.8) is 0 Å². The van der Waals surface area contributed by atoms with Crippen LogP contribution in [0, 0.1) is 0 Å². The van der Waals surface area contributed by atoms with E-state index in [9.17, 15) is 19.2 Å². The molecule has 2 aromatic heterocycles. The summed E-state index contributed by atoms with van der Waals surface area (Å²) >= 11 is 0. The lowest BCUT2D eigenvalue weighted by Crippen LogP contribution is -2.43. The number of aromatic nitrogens is 4. The molecule has 0 aliphatic heterocycles. The number of nitrogens with one attached hydrogen (secondary N) is 1. The molecule has 170 valence electrons. The Hall–Kier alpha value is -3.49. The largest absolute Gasteiger partial charge is 0.333 e. The van der Waals surface area contributed by atoms with E-state index in [-0.39, 0.29) is 5.78 Å². The summed E-state index contributed by atoms with van der Waals surface area (Å²) < 4.78 is 4.22. The lowest BCUT2D eigenvalue weighted by Gasteiger charge is -2.12. The first-order valence-corrected chi connectivity index (χ1v) is 11.0. The first-order chi connectivity index (χ1) is 15.4. The second-order valence-corrected chi connectivity index (χ2v) is 7.82. The highest BCUT2D eigenvalue weighted by Gasteiger charge is 2.19. The van der Waals surface area contributed by atoms with Crippen LogP contribution >= 0.6 is 0 Å². The summed E-state index contributed by atoms with van der Waals surface area (Å²) in [5, 5.41) is 2.68. The molecule has 0 radical (unpaired) electrons. The van der Waals surface area contributed by atoms with Crippen LogP contribution in [0.2, 0.25) is 0 Å². The van der Waals surface area contributed by atoms with Crippen molar-refractivity contribution >= 4 is 28.5 Å². The smallest absolute Gasteiger partial charge is 0.325 e. The Kier molecular flexibility index (Phi) is 7.40. The van der Waals surface area contributed by atoms with Crippen LogP contribution in [0.25, 0.3) is 11.2 Å². The average molecular weight is 440 g/mol. The molecular formula is C23H29N5O4. The number of nitrogens with zero attached hydrogens (tertiary/aromatic N) is 4. The van der Waals surface area contributed by atoms with Gasteiger partial charge in [-0.1, -0.05) is 26.7 Å². The molecule has 0 aliphatic rings. The van der Waals surface area contributed by atoms with Gasteiger partial charge in [-0.2, -0.15) is 0 Å². The zero-order valence-electron chi connectivity index (χ0n) is 18.8. The maximum Gasteiger partial charge on any atom is 0.333 e. The van der Waals surface area contributed by atoms with E-state index in [4.69, 9.17) is 0 Å². The summed E-state index contributed by atoms with van der Waals surface area (Å²) in [6, 6.07) is 6.44. The number of carbonyl (C=O) groups is 2. The summed E-state index contributed by atoms with van der Waals surface area (Å²) in [4.78, 5) is 54.7. The molecule has 0 atom stereocenters. The van der Waals surface area contributed by atoms with Gasteiger partial charge in [0, 0.05) is 24.3 Å². The number of fused-ring (bicyclic) bond motifs is 1. The van der Waals surface area contributed by atoms with Gasteiger partial charge in [0.25, 0.3) is 5.56 Å². The summed E-state index contributed by atoms with van der Waals surface area (Å²) in [5.41, 5.74) is 0.651. The number of Topliss-reactive ketones (excluding diaryl/α,β-unsaturated/α-hetero) is 1. The molecule has 9 nitrogen and oxygen atoms in total. The number of ketones is 1. The third kappa shape index (κ3) is 4.87. The van der Waals surface area contributed by atoms with Crippen LogP contribution in [0.5, 0.6) is 0 Å². The number of hydrogen-bond acceptors (Lipinski definition) is 5. The Balaban J connectivity index is 1.96. The van der Waals surface area contributed by atoms with E-state index >= 15 is 0 Å². The van der Waals surface area contributed by atoms with Crippen molar-refractivity contribution < 1.29 is 9.59 Å². The zero-order chi connectivity index (χ0) is 23.3. The molecule has 0 saturated heterocycles. The van der Waals surface area contributed by atoms with E-state index in [2.05, 4.69) is 17.2 Å². The Labute approximate surface area is 185 Å². The number of benzene rings is 1. The Morgan fingerprint density at radius 1 is 0.969 bits per heavy atom. The first-order valence-electron chi connectivity index (χ1n) is 11.0. The minimum Gasteiger partial charge on any atom is -0.325 e. The number of anilines is 1. The van der Waals surface area contributed by atoms with E-state index in [1.807, 2.05) is 6.92 Å². The Bertz CT molecular complexity index is 1230. The predicted octanol–water partition coefficient (Wildman–Crippen LogP) is 2.80. The molecule has 0 aliphatic carbocycles. The molecule has 1 N–H and O–H groups in total. The summed E-state index contributed by atoms with van der Waals surface area (Å²) in [5.74, 6) is -0.573. The van der Waals surface area contributed by atoms with Gasteiger partial charge in [0.15, 0.2) is 16.9 Å². The minimum atomic E-state index is -0.543. The number of imidazole rings is 1. The molecule has 0 spiro atoms. The van der Waals surface area contributed by atoms with Gasteiger partial charge in [-0.25, -0.2) is 14.3 Å². The highest BCUT2D eigenvalue weighted by molar-refractivity contribution is 5.95. The van der Waals surface area contributed by atoms with Crippen LogP contribution in [0.1, 0.15) is 56.8 Å². The van der Waals surface area contributed by atoms with Gasteiger partial charge < -0.3 is 9.88 Å². The maximum absolute atomic E-state index is 13.2. The van der Waals surface area contributed by atoms with Crippen LogP contribution in [-0.4, -0.2) is 30.4 Å². The molecule has 0 bridgehead atoms. The minimum absolute atomic E-state index is 0.0740. The number of unbranched alkanes of at least 4 members (excludes halogenated alkanes) is 2. The van der Waals surface area contributed by atoms with Crippen LogP contribution in [0.3, 0.4) is 0 Å². The number of rotatable bonds is 10. The molecule has 3 rings (SSSR count). The predicted molar refractivity (Wildman–Crippen MR) is 123 cm³/mol. The fraction of sp³-hybridized carbons (Fsp3) is 0.435. The van der Waals surface area contributed by atoms with Gasteiger partial charge in [-0.05, 0) is 44.0 Å². The lowest BCUT2D eigenvalue weighted by atomic mass is 10.1. The summed E-state index contributed by atoms with van der Waals surface area (Å²) in [6.07, 6.45) is 5.04. The number of amides is 1. The third-order valence-electron chi connectivity index (χ3n) is 5.35. The molecule has 0 unspecified atom stereocenters. The highest BCUT2D eigenvalue weighted by atomic mass is 16.2. The van der Waals surface area contributed by atoms with E-state index in [0.29, 0.717) is 35.5 Å². The van der Waals surface area contributed by atoms with Crippen LogP contribution in [0.4, 0.5) is 5.69 Å². The van der Waals surface area contributed by atoms with Crippen molar-refractivity contribution in [3.8, 4) is 0 Å².